The molecule has 0 heterocycles. The van der Waals surface area contributed by atoms with E-state index in [0.717, 1.165) is 11.1 Å². The van der Waals surface area contributed by atoms with E-state index in [1.165, 1.54) is 0 Å². The third-order valence-electron chi connectivity index (χ3n) is 6.10. The number of rotatable bonds is 9. The van der Waals surface area contributed by atoms with Gasteiger partial charge >= 0.3 is 6.09 Å². The van der Waals surface area contributed by atoms with Crippen LogP contribution in [0.1, 0.15) is 84.5 Å². The Morgan fingerprint density at radius 2 is 1.68 bits per heavy atom. The summed E-state index contributed by atoms with van der Waals surface area (Å²) in [6.45, 7) is 20.5. The quantitative estimate of drug-likeness (QED) is 0.326. The number of amides is 3. The van der Waals surface area contributed by atoms with Gasteiger partial charge in [0.05, 0.1) is 10.7 Å². The van der Waals surface area contributed by atoms with Gasteiger partial charge in [-0.25, -0.2) is 4.79 Å². The number of carbonyl (C=O) groups excluding carboxylic acids is 3. The van der Waals surface area contributed by atoms with Gasteiger partial charge < -0.3 is 20.3 Å². The molecule has 40 heavy (non-hydrogen) atoms. The first-order valence-electron chi connectivity index (χ1n) is 13.6. The number of benzene rings is 2. The Balaban J connectivity index is 2.67. The normalized spacial score (nSPS) is 13.3. The van der Waals surface area contributed by atoms with Gasteiger partial charge in [-0.1, -0.05) is 68.4 Å². The molecule has 2 aromatic carbocycles. The number of aryl methyl sites for hydroxylation is 1. The second-order valence-corrected chi connectivity index (χ2v) is 12.8. The summed E-state index contributed by atoms with van der Waals surface area (Å²) in [5, 5.41) is 6.14. The van der Waals surface area contributed by atoms with Gasteiger partial charge in [0.1, 0.15) is 17.7 Å². The molecule has 0 fully saturated rings. The summed E-state index contributed by atoms with van der Waals surface area (Å²) in [6.07, 6.45) is 1.35. The highest BCUT2D eigenvalue weighted by atomic mass is 35.5. The van der Waals surface area contributed by atoms with Crippen LogP contribution < -0.4 is 10.6 Å². The van der Waals surface area contributed by atoms with E-state index in [1.807, 2.05) is 77.9 Å². The first-order chi connectivity index (χ1) is 18.4. The molecule has 0 aliphatic carbocycles. The zero-order valence-corrected chi connectivity index (χ0v) is 26.0. The van der Waals surface area contributed by atoms with E-state index in [9.17, 15) is 14.4 Å². The van der Waals surface area contributed by atoms with Gasteiger partial charge in [-0.15, -0.1) is 0 Å². The Bertz CT molecular complexity index is 1210. The van der Waals surface area contributed by atoms with Crippen LogP contribution in [0.25, 0.3) is 6.08 Å². The molecule has 0 saturated heterocycles. The molecule has 0 spiro atoms. The van der Waals surface area contributed by atoms with Gasteiger partial charge in [0.15, 0.2) is 0 Å². The predicted octanol–water partition coefficient (Wildman–Crippen LogP) is 7.54. The maximum Gasteiger partial charge on any atom is 0.408 e. The molecular formula is C32H44ClN3O4. The van der Waals surface area contributed by atoms with Crippen molar-refractivity contribution in [3.05, 3.63) is 70.8 Å². The van der Waals surface area contributed by atoms with E-state index in [2.05, 4.69) is 17.2 Å². The van der Waals surface area contributed by atoms with Crippen molar-refractivity contribution in [1.29, 1.82) is 0 Å². The van der Waals surface area contributed by atoms with Gasteiger partial charge in [-0.05, 0) is 89.6 Å². The molecule has 8 heteroatoms. The summed E-state index contributed by atoms with van der Waals surface area (Å²) >= 11 is 6.45. The molecule has 7 nitrogen and oxygen atoms in total. The fourth-order valence-electron chi connectivity index (χ4n) is 4.41. The lowest BCUT2D eigenvalue weighted by Crippen LogP contribution is -2.58. The largest absolute Gasteiger partial charge is 0.444 e. The zero-order valence-electron chi connectivity index (χ0n) is 25.2. The van der Waals surface area contributed by atoms with Crippen LogP contribution in [-0.4, -0.2) is 40.0 Å². The fraction of sp³-hybridized carbons (Fsp3) is 0.469. The number of ether oxygens (including phenoxy) is 1. The van der Waals surface area contributed by atoms with Crippen molar-refractivity contribution in [3.63, 3.8) is 0 Å². The average Bonchev–Trinajstić information content (AvgIpc) is 2.81. The van der Waals surface area contributed by atoms with Crippen molar-refractivity contribution < 1.29 is 19.1 Å². The highest BCUT2D eigenvalue weighted by Crippen LogP contribution is 2.34. The van der Waals surface area contributed by atoms with Gasteiger partial charge in [0.2, 0.25) is 5.91 Å². The molecule has 0 saturated carbocycles. The molecule has 0 aliphatic heterocycles. The molecule has 2 rings (SSSR count). The zero-order chi connectivity index (χ0) is 30.4. The number of anilines is 1. The summed E-state index contributed by atoms with van der Waals surface area (Å²) in [6, 6.07) is 10.7. The Kier molecular flexibility index (Phi) is 11.0. The summed E-state index contributed by atoms with van der Waals surface area (Å²) in [5.74, 6) is -0.749. The predicted molar refractivity (Wildman–Crippen MR) is 163 cm³/mol. The van der Waals surface area contributed by atoms with Crippen LogP contribution in [0.4, 0.5) is 10.5 Å². The molecule has 2 aromatic rings. The Hall–Kier alpha value is -3.32. The third kappa shape index (κ3) is 9.12. The summed E-state index contributed by atoms with van der Waals surface area (Å²) in [5.41, 5.74) is 1.12. The van der Waals surface area contributed by atoms with Crippen molar-refractivity contribution in [2.45, 2.75) is 92.0 Å². The number of nitrogens with zero attached hydrogens (tertiary/aromatic N) is 1. The number of alkyl carbamates (subject to hydrolysis) is 1. The van der Waals surface area contributed by atoms with Crippen LogP contribution in [-0.2, 0) is 14.3 Å². The second kappa shape index (κ2) is 13.4. The fourth-order valence-corrected chi connectivity index (χ4v) is 4.68. The van der Waals surface area contributed by atoms with Gasteiger partial charge in [-0.3, -0.25) is 9.59 Å². The summed E-state index contributed by atoms with van der Waals surface area (Å²) in [4.78, 5) is 42.9. The Morgan fingerprint density at radius 1 is 1.05 bits per heavy atom. The molecule has 0 aliphatic rings. The second-order valence-electron chi connectivity index (χ2n) is 12.4. The van der Waals surface area contributed by atoms with Gasteiger partial charge in [0, 0.05) is 5.54 Å². The summed E-state index contributed by atoms with van der Waals surface area (Å²) in [7, 11) is 0. The molecule has 218 valence electrons. The van der Waals surface area contributed by atoms with Crippen LogP contribution in [0.2, 0.25) is 5.02 Å². The molecule has 2 atom stereocenters. The van der Waals surface area contributed by atoms with Crippen molar-refractivity contribution in [1.82, 2.24) is 10.2 Å². The number of nitrogens with one attached hydrogen (secondary N) is 2. The first-order valence-corrected chi connectivity index (χ1v) is 13.9. The Morgan fingerprint density at radius 3 is 2.20 bits per heavy atom. The van der Waals surface area contributed by atoms with Crippen LogP contribution in [0, 0.1) is 12.8 Å². The van der Waals surface area contributed by atoms with E-state index in [4.69, 9.17) is 16.3 Å². The monoisotopic (exact) mass is 569 g/mol. The number of hydrogen-bond donors (Lipinski definition) is 2. The minimum Gasteiger partial charge on any atom is -0.444 e. The van der Waals surface area contributed by atoms with Crippen molar-refractivity contribution in [3.8, 4) is 0 Å². The van der Waals surface area contributed by atoms with Crippen LogP contribution >= 0.6 is 11.6 Å². The molecule has 0 aromatic heterocycles. The Labute approximate surface area is 244 Å². The first kappa shape index (κ1) is 32.9. The highest BCUT2D eigenvalue weighted by Gasteiger charge is 2.42. The minimum atomic E-state index is -1.04. The minimum absolute atomic E-state index is 0.0767. The molecule has 3 amide bonds. The third-order valence-corrected chi connectivity index (χ3v) is 6.41. The average molecular weight is 570 g/mol. The lowest BCUT2D eigenvalue weighted by molar-refractivity contribution is -0.147. The van der Waals surface area contributed by atoms with E-state index in [-0.39, 0.29) is 5.92 Å². The smallest absolute Gasteiger partial charge is 0.408 e. The summed E-state index contributed by atoms with van der Waals surface area (Å²) < 4.78 is 5.47. The van der Waals surface area contributed by atoms with Crippen LogP contribution in [0.3, 0.4) is 0 Å². The number of hydrogen-bond acceptors (Lipinski definition) is 4. The maximum absolute atomic E-state index is 14.4. The molecule has 0 bridgehead atoms. The highest BCUT2D eigenvalue weighted by molar-refractivity contribution is 6.34. The lowest BCUT2D eigenvalue weighted by Gasteiger charge is -2.43. The lowest BCUT2D eigenvalue weighted by atomic mass is 9.93. The van der Waals surface area contributed by atoms with E-state index in [0.29, 0.717) is 22.7 Å². The number of para-hydroxylation sites is 1. The van der Waals surface area contributed by atoms with Crippen molar-refractivity contribution in [2.75, 3.05) is 5.32 Å². The molecule has 0 radical (unpaired) electrons. The maximum atomic E-state index is 14.4. The molecule has 2 unspecified atom stereocenters. The SMILES string of the molecule is C=Cc1cccc(C(C(=O)Nc2c(C)cccc2Cl)N(C(=O)C(CC(C)C)NC(=O)OC(C)(C)C)C(C)(C)C)c1. The topological polar surface area (TPSA) is 87.7 Å². The van der Waals surface area contributed by atoms with E-state index in [1.54, 1.807) is 37.8 Å². The number of carbonyl (C=O) groups is 3. The van der Waals surface area contributed by atoms with Crippen LogP contribution in [0.5, 0.6) is 0 Å². The van der Waals surface area contributed by atoms with Gasteiger partial charge in [-0.2, -0.15) is 0 Å². The molecular weight excluding hydrogens is 526 g/mol. The van der Waals surface area contributed by atoms with Crippen LogP contribution in [0.15, 0.2) is 49.0 Å². The molecule has 2 N–H and O–H groups in total. The standard InChI is InChI=1S/C32H44ClN3O4/c1-11-22-15-13-16-23(19-22)27(28(37)35-26-21(4)14-12-17-24(26)33)36(31(5,6)7)29(38)25(18-20(2)3)34-30(39)40-32(8,9)10/h11-17,19-20,25,27H,1,18H2,2-10H3,(H,34,39)(H,35,37). The van der Waals surface area contributed by atoms with Gasteiger partial charge in [0.25, 0.3) is 5.91 Å². The van der Waals surface area contributed by atoms with E-state index >= 15 is 0 Å². The van der Waals surface area contributed by atoms with Crippen molar-refractivity contribution in [2.24, 2.45) is 5.92 Å². The van der Waals surface area contributed by atoms with Crippen molar-refractivity contribution >= 4 is 41.3 Å². The van der Waals surface area contributed by atoms with E-state index < -0.39 is 41.1 Å². The number of halogens is 1.